The van der Waals surface area contributed by atoms with E-state index < -0.39 is 0 Å². The Kier molecular flexibility index (Phi) is 15.4. The first kappa shape index (κ1) is 13.5. The topological polar surface area (TPSA) is 47.3 Å². The van der Waals surface area contributed by atoms with Crippen molar-refractivity contribution < 1.29 is 4.84 Å². The molecule has 0 aromatic heterocycles. The first-order valence-corrected chi connectivity index (χ1v) is 3.94. The van der Waals surface area contributed by atoms with E-state index in [4.69, 9.17) is 5.90 Å². The molecule has 3 N–H and O–H groups in total. The van der Waals surface area contributed by atoms with Gasteiger partial charge in [-0.05, 0) is 25.9 Å². The molecule has 0 aromatic rings. The molecule has 0 radical (unpaired) electrons. The van der Waals surface area contributed by atoms with Crippen LogP contribution in [0.15, 0.2) is 0 Å². The lowest BCUT2D eigenvalue weighted by Crippen LogP contribution is -2.18. The van der Waals surface area contributed by atoms with Gasteiger partial charge in [-0.2, -0.15) is 0 Å². The number of hydrogen-bond donors (Lipinski definition) is 2. The van der Waals surface area contributed by atoms with Crippen LogP contribution in [0.25, 0.3) is 0 Å². The van der Waals surface area contributed by atoms with Crippen LogP contribution >= 0.6 is 0 Å². The van der Waals surface area contributed by atoms with Gasteiger partial charge in [0.25, 0.3) is 0 Å². The summed E-state index contributed by atoms with van der Waals surface area (Å²) >= 11 is 0. The van der Waals surface area contributed by atoms with Crippen molar-refractivity contribution >= 4 is 0 Å². The summed E-state index contributed by atoms with van der Waals surface area (Å²) in [6.07, 6.45) is 3.50. The molecule has 0 spiro atoms. The van der Waals surface area contributed by atoms with Crippen molar-refractivity contribution in [3.63, 3.8) is 0 Å². The van der Waals surface area contributed by atoms with Crippen LogP contribution in [0.5, 0.6) is 0 Å². The van der Waals surface area contributed by atoms with Gasteiger partial charge in [-0.25, -0.2) is 5.90 Å². The highest BCUT2D eigenvalue weighted by molar-refractivity contribution is 4.45. The second kappa shape index (κ2) is 12.5. The molecular weight excluding hydrogens is 140 g/mol. The fraction of sp³-hybridized carbons (Fsp3) is 1.00. The SMILES string of the molecule is C.CCCCNCCCON. The molecule has 0 bridgehead atoms. The minimum absolute atomic E-state index is 0. The third kappa shape index (κ3) is 13.0. The van der Waals surface area contributed by atoms with Gasteiger partial charge in [-0.3, -0.25) is 0 Å². The molecule has 0 aromatic carbocycles. The van der Waals surface area contributed by atoms with Gasteiger partial charge in [-0.15, -0.1) is 0 Å². The van der Waals surface area contributed by atoms with Crippen molar-refractivity contribution in [2.75, 3.05) is 19.7 Å². The molecule has 0 fully saturated rings. The predicted octanol–water partition coefficient (Wildman–Crippen LogP) is 1.29. The van der Waals surface area contributed by atoms with E-state index in [2.05, 4.69) is 17.1 Å². The number of nitrogens with two attached hydrogens (primary N) is 1. The second-order valence-electron chi connectivity index (χ2n) is 2.33. The first-order chi connectivity index (χ1) is 4.91. The highest BCUT2D eigenvalue weighted by Crippen LogP contribution is 1.82. The van der Waals surface area contributed by atoms with Crippen LogP contribution in [0.4, 0.5) is 0 Å². The van der Waals surface area contributed by atoms with Gasteiger partial charge in [0.05, 0.1) is 6.61 Å². The normalized spacial score (nSPS) is 9.27. The van der Waals surface area contributed by atoms with Gasteiger partial charge >= 0.3 is 0 Å². The monoisotopic (exact) mass is 162 g/mol. The summed E-state index contributed by atoms with van der Waals surface area (Å²) in [5, 5.41) is 3.29. The predicted molar refractivity (Wildman–Crippen MR) is 49.3 cm³/mol. The van der Waals surface area contributed by atoms with Gasteiger partial charge in [0, 0.05) is 0 Å². The third-order valence-corrected chi connectivity index (χ3v) is 1.32. The van der Waals surface area contributed by atoms with E-state index in [0.717, 1.165) is 19.5 Å². The molecule has 0 aliphatic carbocycles. The first-order valence-electron chi connectivity index (χ1n) is 3.94. The fourth-order valence-electron chi connectivity index (χ4n) is 0.707. The lowest BCUT2D eigenvalue weighted by atomic mass is 10.3. The molecule has 0 rings (SSSR count). The maximum atomic E-state index is 4.84. The minimum atomic E-state index is 0. The zero-order chi connectivity index (χ0) is 7.66. The lowest BCUT2D eigenvalue weighted by Gasteiger charge is -2.01. The smallest absolute Gasteiger partial charge is 0.0691 e. The molecule has 0 aliphatic heterocycles. The Bertz CT molecular complexity index is 52.1. The number of hydrogen-bond acceptors (Lipinski definition) is 3. The lowest BCUT2D eigenvalue weighted by molar-refractivity contribution is 0.135. The van der Waals surface area contributed by atoms with Crippen LogP contribution in [0.3, 0.4) is 0 Å². The van der Waals surface area contributed by atoms with Crippen LogP contribution in [0, 0.1) is 0 Å². The summed E-state index contributed by atoms with van der Waals surface area (Å²) in [4.78, 5) is 4.41. The summed E-state index contributed by atoms with van der Waals surface area (Å²) in [5.41, 5.74) is 0. The second-order valence-corrected chi connectivity index (χ2v) is 2.33. The van der Waals surface area contributed by atoms with Crippen molar-refractivity contribution in [1.29, 1.82) is 0 Å². The summed E-state index contributed by atoms with van der Waals surface area (Å²) < 4.78 is 0. The van der Waals surface area contributed by atoms with Gasteiger partial charge < -0.3 is 10.2 Å². The Morgan fingerprint density at radius 2 is 1.91 bits per heavy atom. The van der Waals surface area contributed by atoms with Crippen molar-refractivity contribution in [3.8, 4) is 0 Å². The fourth-order valence-corrected chi connectivity index (χ4v) is 0.707. The van der Waals surface area contributed by atoms with Gasteiger partial charge in [-0.1, -0.05) is 20.8 Å². The van der Waals surface area contributed by atoms with E-state index in [1.165, 1.54) is 12.8 Å². The highest BCUT2D eigenvalue weighted by atomic mass is 16.6. The van der Waals surface area contributed by atoms with Crippen molar-refractivity contribution in [2.45, 2.75) is 33.6 Å². The average Bonchev–Trinajstić information content (AvgIpc) is 1.97. The Morgan fingerprint density at radius 1 is 1.27 bits per heavy atom. The van der Waals surface area contributed by atoms with Crippen LogP contribution in [-0.2, 0) is 4.84 Å². The zero-order valence-electron chi connectivity index (χ0n) is 6.73. The molecule has 0 saturated carbocycles. The van der Waals surface area contributed by atoms with Crippen molar-refractivity contribution in [2.24, 2.45) is 5.90 Å². The highest BCUT2D eigenvalue weighted by Gasteiger charge is 1.85. The molecule has 3 nitrogen and oxygen atoms in total. The summed E-state index contributed by atoms with van der Waals surface area (Å²) in [6, 6.07) is 0. The minimum Gasteiger partial charge on any atom is -0.317 e. The van der Waals surface area contributed by atoms with Crippen LogP contribution in [0.2, 0.25) is 0 Å². The van der Waals surface area contributed by atoms with E-state index in [1.54, 1.807) is 0 Å². The van der Waals surface area contributed by atoms with Crippen molar-refractivity contribution in [3.05, 3.63) is 0 Å². The molecule has 11 heavy (non-hydrogen) atoms. The van der Waals surface area contributed by atoms with Gasteiger partial charge in [0.2, 0.25) is 0 Å². The molecule has 0 unspecified atom stereocenters. The standard InChI is InChI=1S/C7H18N2O.CH4/c1-2-3-5-9-6-4-7-10-8;/h9H,2-8H2,1H3;1H4. The number of rotatable bonds is 7. The number of unbranched alkanes of at least 4 members (excludes halogenated alkanes) is 1. The maximum absolute atomic E-state index is 4.84. The molecule has 0 saturated heterocycles. The van der Waals surface area contributed by atoms with Crippen LogP contribution in [0.1, 0.15) is 33.6 Å². The maximum Gasteiger partial charge on any atom is 0.0691 e. The van der Waals surface area contributed by atoms with E-state index in [9.17, 15) is 0 Å². The summed E-state index contributed by atoms with van der Waals surface area (Å²) in [7, 11) is 0. The molecule has 0 amide bonds. The van der Waals surface area contributed by atoms with Crippen LogP contribution < -0.4 is 11.2 Å². The largest absolute Gasteiger partial charge is 0.317 e. The van der Waals surface area contributed by atoms with Crippen LogP contribution in [-0.4, -0.2) is 19.7 Å². The third-order valence-electron chi connectivity index (χ3n) is 1.32. The van der Waals surface area contributed by atoms with Gasteiger partial charge in [0.1, 0.15) is 0 Å². The molecule has 0 heterocycles. The molecule has 0 aliphatic rings. The Morgan fingerprint density at radius 3 is 2.45 bits per heavy atom. The Balaban J connectivity index is 0. The summed E-state index contributed by atoms with van der Waals surface area (Å²) in [5.74, 6) is 4.84. The van der Waals surface area contributed by atoms with Gasteiger partial charge in [0.15, 0.2) is 0 Å². The van der Waals surface area contributed by atoms with E-state index in [0.29, 0.717) is 6.61 Å². The molecule has 70 valence electrons. The molecular formula is C8H22N2O. The Hall–Kier alpha value is -0.120. The molecule has 3 heteroatoms. The Labute approximate surface area is 70.3 Å². The van der Waals surface area contributed by atoms with E-state index in [1.807, 2.05) is 0 Å². The van der Waals surface area contributed by atoms with E-state index in [-0.39, 0.29) is 7.43 Å². The molecule has 0 atom stereocenters. The van der Waals surface area contributed by atoms with E-state index >= 15 is 0 Å². The number of nitrogens with one attached hydrogen (secondary N) is 1. The quantitative estimate of drug-likeness (QED) is 0.438. The average molecular weight is 162 g/mol. The summed E-state index contributed by atoms with van der Waals surface area (Å²) in [6.45, 7) is 4.96. The zero-order valence-corrected chi connectivity index (χ0v) is 6.73. The van der Waals surface area contributed by atoms with Crippen molar-refractivity contribution in [1.82, 2.24) is 5.32 Å².